The fourth-order valence-corrected chi connectivity index (χ4v) is 2.69. The Kier molecular flexibility index (Phi) is 6.75. The van der Waals surface area contributed by atoms with Gasteiger partial charge in [0.2, 0.25) is 0 Å². The molecule has 28 heavy (non-hydrogen) atoms. The second kappa shape index (κ2) is 9.66. The molecule has 0 saturated carbocycles. The maximum absolute atomic E-state index is 12.3. The highest BCUT2D eigenvalue weighted by atomic mass is 16.6. The Labute approximate surface area is 162 Å². The Morgan fingerprint density at radius 2 is 1.50 bits per heavy atom. The van der Waals surface area contributed by atoms with Crippen LogP contribution in [0.1, 0.15) is 15.9 Å². The van der Waals surface area contributed by atoms with E-state index in [-0.39, 0.29) is 24.9 Å². The van der Waals surface area contributed by atoms with Crippen molar-refractivity contribution in [2.75, 3.05) is 39.5 Å². The van der Waals surface area contributed by atoms with Gasteiger partial charge in [-0.2, -0.15) is 0 Å². The molecule has 1 aliphatic rings. The minimum Gasteiger partial charge on any atom is -0.482 e. The first-order valence-electron chi connectivity index (χ1n) is 8.97. The highest BCUT2D eigenvalue weighted by molar-refractivity contribution is 6.08. The lowest BCUT2D eigenvalue weighted by atomic mass is 10.0. The number of esters is 1. The van der Waals surface area contributed by atoms with Crippen LogP contribution in [0.3, 0.4) is 0 Å². The third-order valence-electron chi connectivity index (χ3n) is 4.23. The van der Waals surface area contributed by atoms with E-state index in [2.05, 4.69) is 0 Å². The summed E-state index contributed by atoms with van der Waals surface area (Å²) in [5.74, 6) is -0.541. The summed E-state index contributed by atoms with van der Waals surface area (Å²) in [6, 6.07) is 15.5. The Balaban J connectivity index is 1.43. The maximum atomic E-state index is 12.3. The average molecular weight is 383 g/mol. The van der Waals surface area contributed by atoms with Crippen molar-refractivity contribution < 1.29 is 28.6 Å². The van der Waals surface area contributed by atoms with E-state index < -0.39 is 5.97 Å². The van der Waals surface area contributed by atoms with Crippen LogP contribution in [0.25, 0.3) is 0 Å². The van der Waals surface area contributed by atoms with Gasteiger partial charge in [0.15, 0.2) is 19.0 Å². The molecule has 1 aliphatic heterocycles. The van der Waals surface area contributed by atoms with Gasteiger partial charge in [0.25, 0.3) is 5.91 Å². The van der Waals surface area contributed by atoms with Gasteiger partial charge in [-0.15, -0.1) is 0 Å². The van der Waals surface area contributed by atoms with Gasteiger partial charge >= 0.3 is 5.97 Å². The van der Waals surface area contributed by atoms with Gasteiger partial charge in [-0.3, -0.25) is 9.59 Å². The summed E-state index contributed by atoms with van der Waals surface area (Å²) in [4.78, 5) is 37.6. The summed E-state index contributed by atoms with van der Waals surface area (Å²) in [6.07, 6.45) is 0. The van der Waals surface area contributed by atoms with E-state index in [0.717, 1.165) is 0 Å². The van der Waals surface area contributed by atoms with Crippen LogP contribution in [0.15, 0.2) is 54.6 Å². The summed E-state index contributed by atoms with van der Waals surface area (Å²) in [5, 5.41) is 0. The van der Waals surface area contributed by atoms with E-state index in [0.29, 0.717) is 43.2 Å². The Morgan fingerprint density at radius 3 is 2.18 bits per heavy atom. The van der Waals surface area contributed by atoms with Gasteiger partial charge in [0.05, 0.1) is 13.2 Å². The third kappa shape index (κ3) is 5.40. The zero-order valence-electron chi connectivity index (χ0n) is 15.3. The van der Waals surface area contributed by atoms with E-state index in [1.165, 1.54) is 0 Å². The molecule has 3 rings (SSSR count). The van der Waals surface area contributed by atoms with E-state index >= 15 is 0 Å². The number of ether oxygens (including phenoxy) is 3. The Bertz CT molecular complexity index is 813. The number of hydrogen-bond donors (Lipinski definition) is 0. The molecule has 1 amide bonds. The molecular weight excluding hydrogens is 362 g/mol. The lowest BCUT2D eigenvalue weighted by Crippen LogP contribution is -2.42. The van der Waals surface area contributed by atoms with Crippen molar-refractivity contribution in [2.45, 2.75) is 0 Å². The van der Waals surface area contributed by atoms with Crippen LogP contribution in [0.5, 0.6) is 5.75 Å². The minimum absolute atomic E-state index is 0.0896. The Hall–Kier alpha value is -3.19. The van der Waals surface area contributed by atoms with Crippen LogP contribution in [0, 0.1) is 0 Å². The number of amides is 1. The number of nitrogens with zero attached hydrogens (tertiary/aromatic N) is 1. The van der Waals surface area contributed by atoms with Crippen molar-refractivity contribution in [3.05, 3.63) is 65.7 Å². The fraction of sp³-hybridized carbons (Fsp3) is 0.286. The largest absolute Gasteiger partial charge is 0.482 e. The summed E-state index contributed by atoms with van der Waals surface area (Å²) < 4.78 is 15.5. The molecule has 0 spiro atoms. The monoisotopic (exact) mass is 383 g/mol. The molecule has 1 saturated heterocycles. The van der Waals surface area contributed by atoms with Crippen molar-refractivity contribution in [1.29, 1.82) is 0 Å². The second-order valence-corrected chi connectivity index (χ2v) is 6.16. The summed E-state index contributed by atoms with van der Waals surface area (Å²) in [5.41, 5.74) is 1.13. The fourth-order valence-electron chi connectivity index (χ4n) is 2.69. The first-order chi connectivity index (χ1) is 13.6. The second-order valence-electron chi connectivity index (χ2n) is 6.16. The molecule has 0 aliphatic carbocycles. The first kappa shape index (κ1) is 19.6. The molecule has 0 atom stereocenters. The predicted molar refractivity (Wildman–Crippen MR) is 100 cm³/mol. The zero-order valence-corrected chi connectivity index (χ0v) is 15.3. The molecule has 2 aromatic carbocycles. The van der Waals surface area contributed by atoms with Crippen LogP contribution >= 0.6 is 0 Å². The van der Waals surface area contributed by atoms with E-state index in [4.69, 9.17) is 14.2 Å². The van der Waals surface area contributed by atoms with E-state index in [9.17, 15) is 14.4 Å². The number of carbonyl (C=O) groups excluding carboxylic acids is 3. The lowest BCUT2D eigenvalue weighted by molar-refractivity contribution is -0.155. The third-order valence-corrected chi connectivity index (χ3v) is 4.23. The Morgan fingerprint density at radius 1 is 0.857 bits per heavy atom. The van der Waals surface area contributed by atoms with Gasteiger partial charge < -0.3 is 19.1 Å². The van der Waals surface area contributed by atoms with Gasteiger partial charge in [-0.05, 0) is 24.3 Å². The average Bonchev–Trinajstić information content (AvgIpc) is 2.77. The van der Waals surface area contributed by atoms with Crippen LogP contribution in [-0.4, -0.2) is 62.1 Å². The van der Waals surface area contributed by atoms with Crippen LogP contribution < -0.4 is 4.74 Å². The number of benzene rings is 2. The predicted octanol–water partition coefficient (Wildman–Crippen LogP) is 1.70. The summed E-state index contributed by atoms with van der Waals surface area (Å²) in [7, 11) is 0. The lowest BCUT2D eigenvalue weighted by Gasteiger charge is -2.26. The standard InChI is InChI=1S/C21H21NO6/c23-19(22-10-12-26-13-11-22)14-28-20(24)15-27-18-8-6-17(7-9-18)21(25)16-4-2-1-3-5-16/h1-9H,10-15H2. The molecule has 0 radical (unpaired) electrons. The van der Waals surface area contributed by atoms with Crippen molar-refractivity contribution in [3.63, 3.8) is 0 Å². The summed E-state index contributed by atoms with van der Waals surface area (Å²) >= 11 is 0. The number of carbonyl (C=O) groups is 3. The SMILES string of the molecule is O=C(COc1ccc(C(=O)c2ccccc2)cc1)OCC(=O)N1CCOCC1. The van der Waals surface area contributed by atoms with E-state index in [1.54, 1.807) is 53.4 Å². The van der Waals surface area contributed by atoms with Crippen molar-refractivity contribution in [1.82, 2.24) is 4.90 Å². The molecule has 7 nitrogen and oxygen atoms in total. The highest BCUT2D eigenvalue weighted by Crippen LogP contribution is 2.15. The molecule has 7 heteroatoms. The van der Waals surface area contributed by atoms with Gasteiger partial charge in [0.1, 0.15) is 5.75 Å². The quantitative estimate of drug-likeness (QED) is 0.535. The molecule has 0 bridgehead atoms. The van der Waals surface area contributed by atoms with Crippen LogP contribution in [0.4, 0.5) is 0 Å². The summed E-state index contributed by atoms with van der Waals surface area (Å²) in [6.45, 7) is 1.36. The molecule has 0 unspecified atom stereocenters. The van der Waals surface area contributed by atoms with Crippen molar-refractivity contribution in [2.24, 2.45) is 0 Å². The number of morpholine rings is 1. The molecule has 1 heterocycles. The maximum Gasteiger partial charge on any atom is 0.344 e. The number of hydrogen-bond acceptors (Lipinski definition) is 6. The van der Waals surface area contributed by atoms with Gasteiger partial charge in [-0.25, -0.2) is 4.79 Å². The molecule has 0 aromatic heterocycles. The number of ketones is 1. The van der Waals surface area contributed by atoms with Gasteiger partial charge in [-0.1, -0.05) is 30.3 Å². The number of rotatable bonds is 7. The molecule has 1 fully saturated rings. The highest BCUT2D eigenvalue weighted by Gasteiger charge is 2.18. The molecule has 146 valence electrons. The molecule has 2 aromatic rings. The van der Waals surface area contributed by atoms with Crippen molar-refractivity contribution >= 4 is 17.7 Å². The molecular formula is C21H21NO6. The molecule has 0 N–H and O–H groups in total. The van der Waals surface area contributed by atoms with E-state index in [1.807, 2.05) is 6.07 Å². The smallest absolute Gasteiger partial charge is 0.344 e. The zero-order chi connectivity index (χ0) is 19.8. The first-order valence-corrected chi connectivity index (χ1v) is 8.97. The van der Waals surface area contributed by atoms with Crippen LogP contribution in [0.2, 0.25) is 0 Å². The van der Waals surface area contributed by atoms with Crippen LogP contribution in [-0.2, 0) is 19.1 Å². The van der Waals surface area contributed by atoms with Gasteiger partial charge in [0, 0.05) is 24.2 Å². The minimum atomic E-state index is -0.633. The normalized spacial score (nSPS) is 13.6. The topological polar surface area (TPSA) is 82.1 Å². The van der Waals surface area contributed by atoms with Crippen molar-refractivity contribution in [3.8, 4) is 5.75 Å².